The number of hydrogen-bond donors (Lipinski definition) is 2. The molecule has 0 aliphatic rings. The molecule has 2 rings (SSSR count). The van der Waals surface area contributed by atoms with Crippen LogP contribution in [-0.4, -0.2) is 39.7 Å². The van der Waals surface area contributed by atoms with Gasteiger partial charge < -0.3 is 15.3 Å². The predicted molar refractivity (Wildman–Crippen MR) is 84.6 cm³/mol. The molecular weight excluding hydrogens is 272 g/mol. The van der Waals surface area contributed by atoms with E-state index >= 15 is 0 Å². The van der Waals surface area contributed by atoms with E-state index in [1.165, 1.54) is 0 Å². The Kier molecular flexibility index (Phi) is 4.36. The minimum atomic E-state index is -0.337. The zero-order valence-corrected chi connectivity index (χ0v) is 13.7. The van der Waals surface area contributed by atoms with Crippen molar-refractivity contribution in [3.8, 4) is 0 Å². The molecule has 2 aromatic heterocycles. The number of fused-ring (bicyclic) bond motifs is 1. The smallest absolute Gasteiger partial charge is 0.195 e. The van der Waals surface area contributed by atoms with Gasteiger partial charge in [0.25, 0.3) is 0 Å². The second-order valence-electron chi connectivity index (χ2n) is 6.00. The van der Waals surface area contributed by atoms with Gasteiger partial charge >= 0.3 is 0 Å². The Bertz CT molecular complexity index is 573. The fraction of sp³-hybridized carbons (Fsp3) is 0.643. The molecule has 0 saturated heterocycles. The first-order valence-corrected chi connectivity index (χ1v) is 7.77. The van der Waals surface area contributed by atoms with E-state index < -0.39 is 0 Å². The standard InChI is InChI=1S/C14H24N4OS/c1-10(2)15-8-11-12(17(5)14(3,4)9-19)16-13-18(11)6-7-20-13/h6-7,10,15,19H,8-9H2,1-5H3. The van der Waals surface area contributed by atoms with Crippen LogP contribution in [0, 0.1) is 0 Å². The van der Waals surface area contributed by atoms with Crippen LogP contribution in [0.3, 0.4) is 0 Å². The molecule has 0 fully saturated rings. The molecule has 0 aromatic carbocycles. The van der Waals surface area contributed by atoms with E-state index in [2.05, 4.69) is 28.5 Å². The van der Waals surface area contributed by atoms with E-state index in [4.69, 9.17) is 4.98 Å². The first kappa shape index (κ1) is 15.3. The van der Waals surface area contributed by atoms with Gasteiger partial charge in [-0.2, -0.15) is 0 Å². The number of nitrogens with one attached hydrogen (secondary N) is 1. The summed E-state index contributed by atoms with van der Waals surface area (Å²) in [5.74, 6) is 0.934. The number of nitrogens with zero attached hydrogens (tertiary/aromatic N) is 3. The van der Waals surface area contributed by atoms with E-state index in [9.17, 15) is 5.11 Å². The van der Waals surface area contributed by atoms with Gasteiger partial charge in [-0.1, -0.05) is 13.8 Å². The summed E-state index contributed by atoms with van der Waals surface area (Å²) in [5.41, 5.74) is 0.801. The maximum atomic E-state index is 9.57. The molecule has 0 spiro atoms. The number of aliphatic hydroxyl groups excluding tert-OH is 1. The number of aromatic nitrogens is 2. The van der Waals surface area contributed by atoms with E-state index in [1.807, 2.05) is 32.5 Å². The Balaban J connectivity index is 2.41. The second-order valence-corrected chi connectivity index (χ2v) is 6.88. The average molecular weight is 296 g/mol. The lowest BCUT2D eigenvalue weighted by Gasteiger charge is -2.34. The van der Waals surface area contributed by atoms with Gasteiger partial charge in [0.1, 0.15) is 0 Å². The van der Waals surface area contributed by atoms with Crippen LogP contribution in [0.2, 0.25) is 0 Å². The minimum Gasteiger partial charge on any atom is -0.394 e. The van der Waals surface area contributed by atoms with Crippen molar-refractivity contribution in [3.05, 3.63) is 17.3 Å². The highest BCUT2D eigenvalue weighted by Crippen LogP contribution is 2.28. The van der Waals surface area contributed by atoms with Crippen LogP contribution in [0.1, 0.15) is 33.4 Å². The summed E-state index contributed by atoms with van der Waals surface area (Å²) in [6.45, 7) is 9.14. The van der Waals surface area contributed by atoms with Gasteiger partial charge in [-0.05, 0) is 13.8 Å². The summed E-state index contributed by atoms with van der Waals surface area (Å²) in [6, 6.07) is 0.420. The zero-order chi connectivity index (χ0) is 14.9. The van der Waals surface area contributed by atoms with E-state index in [0.29, 0.717) is 6.04 Å². The molecular formula is C14H24N4OS. The Morgan fingerprint density at radius 3 is 2.80 bits per heavy atom. The molecule has 0 amide bonds. The van der Waals surface area contributed by atoms with Crippen LogP contribution in [-0.2, 0) is 6.54 Å². The van der Waals surface area contributed by atoms with Gasteiger partial charge in [-0.15, -0.1) is 11.3 Å². The number of aliphatic hydroxyl groups is 1. The SMILES string of the molecule is CC(C)NCc1c(N(C)C(C)(C)CO)nc2sccn12. The molecule has 2 aromatic rings. The number of likely N-dealkylation sites (N-methyl/N-ethyl adjacent to an activating group) is 1. The Hall–Kier alpha value is -1.11. The van der Waals surface area contributed by atoms with Gasteiger partial charge in [0, 0.05) is 31.2 Å². The molecule has 2 heterocycles. The highest BCUT2D eigenvalue weighted by Gasteiger charge is 2.27. The summed E-state index contributed by atoms with van der Waals surface area (Å²) in [6.07, 6.45) is 2.05. The highest BCUT2D eigenvalue weighted by atomic mass is 32.1. The van der Waals surface area contributed by atoms with Gasteiger partial charge in [0.05, 0.1) is 17.8 Å². The molecule has 0 aliphatic heterocycles. The van der Waals surface area contributed by atoms with Crippen LogP contribution >= 0.6 is 11.3 Å². The van der Waals surface area contributed by atoms with Crippen LogP contribution < -0.4 is 10.2 Å². The summed E-state index contributed by atoms with van der Waals surface area (Å²) in [4.78, 5) is 7.77. The van der Waals surface area contributed by atoms with Gasteiger partial charge in [-0.25, -0.2) is 4.98 Å². The van der Waals surface area contributed by atoms with Crippen molar-refractivity contribution in [3.63, 3.8) is 0 Å². The fourth-order valence-corrected chi connectivity index (χ4v) is 2.68. The minimum absolute atomic E-state index is 0.0890. The van der Waals surface area contributed by atoms with Crippen LogP contribution in [0.4, 0.5) is 5.82 Å². The molecule has 0 radical (unpaired) electrons. The maximum Gasteiger partial charge on any atom is 0.195 e. The van der Waals surface area contributed by atoms with Crippen molar-refractivity contribution < 1.29 is 5.11 Å². The maximum absolute atomic E-state index is 9.57. The van der Waals surface area contributed by atoms with Crippen molar-refractivity contribution in [1.29, 1.82) is 0 Å². The molecule has 0 bridgehead atoms. The molecule has 0 saturated carbocycles. The van der Waals surface area contributed by atoms with Crippen LogP contribution in [0.5, 0.6) is 0 Å². The first-order valence-electron chi connectivity index (χ1n) is 6.89. The van der Waals surface area contributed by atoms with E-state index in [-0.39, 0.29) is 12.1 Å². The highest BCUT2D eigenvalue weighted by molar-refractivity contribution is 7.15. The quantitative estimate of drug-likeness (QED) is 0.857. The lowest BCUT2D eigenvalue weighted by atomic mass is 10.1. The van der Waals surface area contributed by atoms with Crippen molar-refractivity contribution in [2.45, 2.75) is 45.8 Å². The zero-order valence-electron chi connectivity index (χ0n) is 12.8. The molecule has 20 heavy (non-hydrogen) atoms. The van der Waals surface area contributed by atoms with E-state index in [1.54, 1.807) is 11.3 Å². The van der Waals surface area contributed by atoms with Gasteiger partial charge in [0.15, 0.2) is 10.8 Å². The summed E-state index contributed by atoms with van der Waals surface area (Å²) >= 11 is 1.63. The monoisotopic (exact) mass is 296 g/mol. The van der Waals surface area contributed by atoms with Crippen molar-refractivity contribution in [2.24, 2.45) is 0 Å². The number of hydrogen-bond acceptors (Lipinski definition) is 5. The molecule has 5 nitrogen and oxygen atoms in total. The summed E-state index contributed by atoms with van der Waals surface area (Å²) in [7, 11) is 1.99. The van der Waals surface area contributed by atoms with Crippen molar-refractivity contribution >= 4 is 22.1 Å². The molecule has 2 N–H and O–H groups in total. The Labute approximate surface area is 124 Å². The fourth-order valence-electron chi connectivity index (χ4n) is 1.95. The van der Waals surface area contributed by atoms with Crippen LogP contribution in [0.25, 0.3) is 4.96 Å². The van der Waals surface area contributed by atoms with Gasteiger partial charge in [0.2, 0.25) is 0 Å². The first-order chi connectivity index (χ1) is 9.36. The third-order valence-electron chi connectivity index (χ3n) is 3.63. The number of thiazole rings is 1. The summed E-state index contributed by atoms with van der Waals surface area (Å²) < 4.78 is 2.12. The molecule has 0 unspecified atom stereocenters. The predicted octanol–water partition coefficient (Wildman–Crippen LogP) is 2.10. The number of imidazole rings is 1. The van der Waals surface area contributed by atoms with Gasteiger partial charge in [-0.3, -0.25) is 4.40 Å². The van der Waals surface area contributed by atoms with E-state index in [0.717, 1.165) is 23.0 Å². The second kappa shape index (κ2) is 5.71. The molecule has 0 aliphatic carbocycles. The lowest BCUT2D eigenvalue weighted by molar-refractivity contribution is 0.215. The topological polar surface area (TPSA) is 52.8 Å². The Morgan fingerprint density at radius 2 is 2.20 bits per heavy atom. The number of rotatable bonds is 6. The largest absolute Gasteiger partial charge is 0.394 e. The normalized spacial score (nSPS) is 12.6. The average Bonchev–Trinajstić information content (AvgIpc) is 2.95. The number of anilines is 1. The third-order valence-corrected chi connectivity index (χ3v) is 4.39. The van der Waals surface area contributed by atoms with Crippen molar-refractivity contribution in [2.75, 3.05) is 18.6 Å². The Morgan fingerprint density at radius 1 is 1.50 bits per heavy atom. The molecule has 6 heteroatoms. The third kappa shape index (κ3) is 2.82. The molecule has 112 valence electrons. The van der Waals surface area contributed by atoms with Crippen molar-refractivity contribution in [1.82, 2.24) is 14.7 Å². The van der Waals surface area contributed by atoms with Crippen LogP contribution in [0.15, 0.2) is 11.6 Å². The molecule has 0 atom stereocenters. The lowest BCUT2D eigenvalue weighted by Crippen LogP contribution is -2.45. The summed E-state index contributed by atoms with van der Waals surface area (Å²) in [5, 5.41) is 15.1.